The fraction of sp³-hybridized carbons (Fsp3) is 0.154. The van der Waals surface area contributed by atoms with E-state index in [4.69, 9.17) is 0 Å². The van der Waals surface area contributed by atoms with Crippen LogP contribution < -0.4 is 0 Å². The van der Waals surface area contributed by atoms with Gasteiger partial charge in [0, 0.05) is 28.6 Å². The van der Waals surface area contributed by atoms with E-state index in [1.54, 1.807) is 38.1 Å². The normalized spacial score (nSPS) is 11.7. The predicted octanol–water partition coefficient (Wildman–Crippen LogP) is 6.62. The summed E-state index contributed by atoms with van der Waals surface area (Å²) >= 11 is 0. The summed E-state index contributed by atoms with van der Waals surface area (Å²) in [5.74, 6) is -5.74. The van der Waals surface area contributed by atoms with Gasteiger partial charge in [0.25, 0.3) is 5.92 Å². The third kappa shape index (κ3) is 4.95. The Morgan fingerprint density at radius 1 is 0.735 bits per heavy atom. The molecular formula is C26H17F5N2Pt. The molecule has 0 aliphatic rings. The SMILES string of the molecule is CC(C)(c1cccc(-c2[c-]cc(F)cc2F)n1)c1cccc(C(F)(F)c2[c-]cc(F)cc2)n1.[Pt+2]. The van der Waals surface area contributed by atoms with Gasteiger partial charge in [0.1, 0.15) is 5.69 Å². The number of aromatic nitrogens is 2. The quantitative estimate of drug-likeness (QED) is 0.180. The summed E-state index contributed by atoms with van der Waals surface area (Å²) in [6.07, 6.45) is 0. The van der Waals surface area contributed by atoms with Gasteiger partial charge in [-0.25, -0.2) is 0 Å². The first-order chi connectivity index (χ1) is 15.6. The van der Waals surface area contributed by atoms with E-state index >= 15 is 8.78 Å². The molecule has 8 heteroatoms. The molecule has 2 aromatic carbocycles. The first kappa shape index (κ1) is 25.7. The molecule has 0 saturated heterocycles. The van der Waals surface area contributed by atoms with E-state index in [0.29, 0.717) is 11.4 Å². The van der Waals surface area contributed by atoms with Gasteiger partial charge >= 0.3 is 21.1 Å². The van der Waals surface area contributed by atoms with Gasteiger partial charge in [-0.05, 0) is 37.7 Å². The summed E-state index contributed by atoms with van der Waals surface area (Å²) in [6.45, 7) is 3.50. The fourth-order valence-corrected chi connectivity index (χ4v) is 3.39. The minimum absolute atomic E-state index is 0. The second kappa shape index (κ2) is 9.75. The van der Waals surface area contributed by atoms with Crippen molar-refractivity contribution in [2.24, 2.45) is 0 Å². The number of nitrogens with zero attached hydrogens (tertiary/aromatic N) is 2. The van der Waals surface area contributed by atoms with Crippen LogP contribution in [0.5, 0.6) is 0 Å². The smallest absolute Gasteiger partial charge is 0.300 e. The summed E-state index contributed by atoms with van der Waals surface area (Å²) in [7, 11) is 0. The number of halogens is 5. The van der Waals surface area contributed by atoms with Gasteiger partial charge in [-0.1, -0.05) is 35.4 Å². The molecular weight excluding hydrogens is 630 g/mol. The average Bonchev–Trinajstić information content (AvgIpc) is 2.79. The molecule has 0 saturated carbocycles. The van der Waals surface area contributed by atoms with Gasteiger partial charge in [-0.2, -0.15) is 20.9 Å². The Balaban J connectivity index is 0.00000324. The van der Waals surface area contributed by atoms with E-state index in [2.05, 4.69) is 22.1 Å². The van der Waals surface area contributed by atoms with Crippen LogP contribution >= 0.6 is 0 Å². The van der Waals surface area contributed by atoms with Crippen LogP contribution in [-0.2, 0) is 32.4 Å². The average molecular weight is 648 g/mol. The van der Waals surface area contributed by atoms with Gasteiger partial charge in [-0.3, -0.25) is 18.2 Å². The fourth-order valence-electron chi connectivity index (χ4n) is 3.39. The van der Waals surface area contributed by atoms with E-state index in [1.165, 1.54) is 12.1 Å². The number of hydrogen-bond acceptors (Lipinski definition) is 2. The van der Waals surface area contributed by atoms with Crippen molar-refractivity contribution in [3.8, 4) is 11.3 Å². The van der Waals surface area contributed by atoms with E-state index in [1.807, 2.05) is 0 Å². The molecule has 2 nitrogen and oxygen atoms in total. The molecule has 0 atom stereocenters. The van der Waals surface area contributed by atoms with Crippen molar-refractivity contribution < 1.29 is 43.0 Å². The predicted molar refractivity (Wildman–Crippen MR) is 113 cm³/mol. The minimum atomic E-state index is -3.50. The first-order valence-electron chi connectivity index (χ1n) is 9.97. The van der Waals surface area contributed by atoms with Crippen LogP contribution in [-0.4, -0.2) is 9.97 Å². The van der Waals surface area contributed by atoms with Crippen molar-refractivity contribution >= 4 is 0 Å². The van der Waals surface area contributed by atoms with Crippen LogP contribution in [0.2, 0.25) is 0 Å². The molecule has 0 fully saturated rings. The van der Waals surface area contributed by atoms with Crippen molar-refractivity contribution in [2.75, 3.05) is 0 Å². The van der Waals surface area contributed by atoms with Gasteiger partial charge in [0.15, 0.2) is 0 Å². The molecule has 0 unspecified atom stereocenters. The van der Waals surface area contributed by atoms with Crippen molar-refractivity contribution in [3.63, 3.8) is 0 Å². The topological polar surface area (TPSA) is 25.8 Å². The number of hydrogen-bond donors (Lipinski definition) is 0. The van der Waals surface area contributed by atoms with Gasteiger partial charge in [0.2, 0.25) is 0 Å². The second-order valence-electron chi connectivity index (χ2n) is 7.98. The van der Waals surface area contributed by atoms with Crippen LogP contribution in [0, 0.1) is 29.6 Å². The van der Waals surface area contributed by atoms with Gasteiger partial charge in [-0.15, -0.1) is 24.3 Å². The number of pyridine rings is 2. The Morgan fingerprint density at radius 3 is 2.00 bits per heavy atom. The standard InChI is InChI=1S/C26H17F5N2.Pt/c1-25(2,22-6-3-5-21(32-22)19-14-13-18(28)15-20(19)29)23-7-4-8-24(33-23)26(30,31)16-9-11-17(27)12-10-16;/h3-9,11-13,15H,1-2H3;/q-2;+2. The van der Waals surface area contributed by atoms with Crippen LogP contribution in [0.15, 0.2) is 66.7 Å². The molecule has 0 N–H and O–H groups in total. The van der Waals surface area contributed by atoms with Crippen molar-refractivity contribution in [2.45, 2.75) is 25.2 Å². The number of rotatable bonds is 5. The molecule has 0 spiro atoms. The van der Waals surface area contributed by atoms with Crippen LogP contribution in [0.3, 0.4) is 0 Å². The van der Waals surface area contributed by atoms with E-state index in [0.717, 1.165) is 30.3 Å². The summed E-state index contributed by atoms with van der Waals surface area (Å²) in [4.78, 5) is 8.66. The van der Waals surface area contributed by atoms with E-state index in [9.17, 15) is 13.2 Å². The summed E-state index contributed by atoms with van der Waals surface area (Å²) < 4.78 is 70.7. The molecule has 0 aliphatic carbocycles. The summed E-state index contributed by atoms with van der Waals surface area (Å²) in [5.41, 5.74) is -1.01. The third-order valence-electron chi connectivity index (χ3n) is 5.33. The molecule has 0 radical (unpaired) electrons. The largest absolute Gasteiger partial charge is 2.00 e. The molecule has 4 aromatic rings. The Hall–Kier alpha value is -2.92. The molecule has 2 heterocycles. The zero-order chi connectivity index (χ0) is 23.8. The Kier molecular flexibility index (Phi) is 7.37. The maximum Gasteiger partial charge on any atom is 2.00 e. The zero-order valence-corrected chi connectivity index (χ0v) is 20.2. The van der Waals surface area contributed by atoms with Crippen LogP contribution in [0.25, 0.3) is 11.3 Å². The summed E-state index contributed by atoms with van der Waals surface area (Å²) in [5, 5.41) is 0. The third-order valence-corrected chi connectivity index (χ3v) is 5.33. The summed E-state index contributed by atoms with van der Waals surface area (Å²) in [6, 6.07) is 18.4. The molecule has 4 rings (SSSR count). The van der Waals surface area contributed by atoms with E-state index in [-0.39, 0.29) is 32.3 Å². The number of alkyl halides is 2. The number of benzene rings is 2. The van der Waals surface area contributed by atoms with Gasteiger partial charge in [0.05, 0.1) is 5.69 Å². The maximum atomic E-state index is 15.0. The van der Waals surface area contributed by atoms with Crippen molar-refractivity contribution in [3.05, 3.63) is 119 Å². The molecule has 34 heavy (non-hydrogen) atoms. The van der Waals surface area contributed by atoms with Crippen molar-refractivity contribution in [1.82, 2.24) is 9.97 Å². The molecule has 2 aromatic heterocycles. The monoisotopic (exact) mass is 647 g/mol. The second-order valence-corrected chi connectivity index (χ2v) is 7.98. The van der Waals surface area contributed by atoms with Crippen LogP contribution in [0.1, 0.15) is 36.5 Å². The Morgan fingerprint density at radius 2 is 1.35 bits per heavy atom. The first-order valence-corrected chi connectivity index (χ1v) is 9.97. The molecule has 0 bridgehead atoms. The molecule has 176 valence electrons. The maximum absolute atomic E-state index is 15.0. The van der Waals surface area contributed by atoms with Crippen LogP contribution in [0.4, 0.5) is 22.0 Å². The Labute approximate surface area is 208 Å². The molecule has 0 aliphatic heterocycles. The van der Waals surface area contributed by atoms with E-state index < -0.39 is 40.0 Å². The van der Waals surface area contributed by atoms with Gasteiger partial charge < -0.3 is 4.98 Å². The zero-order valence-electron chi connectivity index (χ0n) is 18.0. The minimum Gasteiger partial charge on any atom is -0.300 e. The Bertz CT molecular complexity index is 1310. The molecule has 0 amide bonds. The van der Waals surface area contributed by atoms with Crippen molar-refractivity contribution in [1.29, 1.82) is 0 Å².